The van der Waals surface area contributed by atoms with E-state index in [2.05, 4.69) is 50.8 Å². The van der Waals surface area contributed by atoms with Crippen LogP contribution in [0.5, 0.6) is 0 Å². The normalized spacial score (nSPS) is 13.5. The molecule has 0 amide bonds. The van der Waals surface area contributed by atoms with Crippen molar-refractivity contribution in [3.63, 3.8) is 0 Å². The molecule has 0 fully saturated rings. The van der Waals surface area contributed by atoms with Gasteiger partial charge in [-0.3, -0.25) is 0 Å². The molecule has 1 heteroatoms. The molecule has 0 spiro atoms. The Kier molecular flexibility index (Phi) is 4.91. The molecular weight excluding hydrogens is 122 g/mol. The molecule has 0 aliphatic carbocycles. The third kappa shape index (κ3) is 5.54. The average molecular weight is 140 g/mol. The molecule has 0 aromatic carbocycles. The minimum atomic E-state index is 0.654. The van der Waals surface area contributed by atoms with E-state index >= 15 is 0 Å². The van der Waals surface area contributed by atoms with Crippen molar-refractivity contribution in [1.82, 2.24) is 0 Å². The van der Waals surface area contributed by atoms with Crippen molar-refractivity contribution in [2.45, 2.75) is 20.8 Å². The van der Waals surface area contributed by atoms with Gasteiger partial charge in [-0.1, -0.05) is 19.9 Å². The highest BCUT2D eigenvalue weighted by Crippen LogP contribution is 1.90. The highest BCUT2D eigenvalue weighted by atomic mass is 14.9. The van der Waals surface area contributed by atoms with Gasteiger partial charge in [0.2, 0.25) is 0 Å². The first kappa shape index (κ1) is 9.41. The summed E-state index contributed by atoms with van der Waals surface area (Å²) in [6, 6.07) is 0. The summed E-state index contributed by atoms with van der Waals surface area (Å²) >= 11 is 0. The molecular formula is C9H18N+. The smallest absolute Gasteiger partial charge is 0.162 e. The number of rotatable bonds is 3. The Balaban J connectivity index is 3.70. The molecule has 0 N–H and O–H groups in total. The fourth-order valence-corrected chi connectivity index (χ4v) is 0.524. The second-order valence-corrected chi connectivity index (χ2v) is 2.85. The maximum Gasteiger partial charge on any atom is 0.162 e. The predicted octanol–water partition coefficient (Wildman–Crippen LogP) is 1.93. The van der Waals surface area contributed by atoms with Crippen molar-refractivity contribution in [2.24, 2.45) is 5.92 Å². The van der Waals surface area contributed by atoms with E-state index in [0.717, 1.165) is 6.54 Å². The second kappa shape index (κ2) is 5.21. The lowest BCUT2D eigenvalue weighted by molar-refractivity contribution is -0.487. The van der Waals surface area contributed by atoms with E-state index in [1.165, 1.54) is 0 Å². The van der Waals surface area contributed by atoms with E-state index in [0.29, 0.717) is 5.92 Å². The molecule has 0 rings (SSSR count). The number of hydrogen-bond acceptors (Lipinski definition) is 0. The van der Waals surface area contributed by atoms with Gasteiger partial charge in [-0.05, 0) is 18.9 Å². The Bertz CT molecular complexity index is 132. The van der Waals surface area contributed by atoms with Crippen LogP contribution in [0.4, 0.5) is 0 Å². The van der Waals surface area contributed by atoms with Crippen LogP contribution in [0.2, 0.25) is 0 Å². The van der Waals surface area contributed by atoms with Gasteiger partial charge in [-0.25, -0.2) is 4.58 Å². The molecule has 1 nitrogen and oxygen atoms in total. The van der Waals surface area contributed by atoms with Crippen molar-refractivity contribution in [1.29, 1.82) is 0 Å². The van der Waals surface area contributed by atoms with Crippen molar-refractivity contribution in [2.75, 3.05) is 13.6 Å². The standard InChI is InChI=1S/C9H18N/c1-5-10(4)8-6-7-9(2)3/h6-9H,5H2,1-4H3/q+1/b7-6-,10-8?. The molecule has 0 aliphatic heterocycles. The van der Waals surface area contributed by atoms with Crippen LogP contribution < -0.4 is 0 Å². The van der Waals surface area contributed by atoms with E-state index in [1.54, 1.807) is 0 Å². The van der Waals surface area contributed by atoms with Crippen LogP contribution in [-0.2, 0) is 0 Å². The first-order valence-corrected chi connectivity index (χ1v) is 3.88. The summed E-state index contributed by atoms with van der Waals surface area (Å²) in [5.41, 5.74) is 0. The SMILES string of the molecule is CC[N+](C)=C/C=C\C(C)C. The molecule has 0 heterocycles. The van der Waals surface area contributed by atoms with Gasteiger partial charge in [0, 0.05) is 0 Å². The lowest BCUT2D eigenvalue weighted by atomic mass is 10.2. The molecule has 0 unspecified atom stereocenters. The lowest BCUT2D eigenvalue weighted by Gasteiger charge is -1.89. The van der Waals surface area contributed by atoms with Crippen LogP contribution >= 0.6 is 0 Å². The van der Waals surface area contributed by atoms with E-state index in [4.69, 9.17) is 0 Å². The summed E-state index contributed by atoms with van der Waals surface area (Å²) in [6.45, 7) is 7.56. The average Bonchev–Trinajstić information content (AvgIpc) is 1.87. The molecule has 0 radical (unpaired) electrons. The summed E-state index contributed by atoms with van der Waals surface area (Å²) in [6.07, 6.45) is 6.39. The van der Waals surface area contributed by atoms with Crippen molar-refractivity contribution in [3.8, 4) is 0 Å². The maximum absolute atomic E-state index is 2.19. The lowest BCUT2D eigenvalue weighted by Crippen LogP contribution is -2.03. The number of nitrogens with zero attached hydrogens (tertiary/aromatic N) is 1. The highest BCUT2D eigenvalue weighted by molar-refractivity contribution is 5.65. The Labute approximate surface area is 64.1 Å². The van der Waals surface area contributed by atoms with Gasteiger partial charge in [0.1, 0.15) is 13.6 Å². The third-order valence-electron chi connectivity index (χ3n) is 1.34. The highest BCUT2D eigenvalue weighted by Gasteiger charge is 1.85. The molecule has 0 saturated heterocycles. The molecule has 0 atom stereocenters. The predicted molar refractivity (Wildman–Crippen MR) is 46.8 cm³/mol. The van der Waals surface area contributed by atoms with Gasteiger partial charge >= 0.3 is 0 Å². The Morgan fingerprint density at radius 3 is 2.40 bits per heavy atom. The fourth-order valence-electron chi connectivity index (χ4n) is 0.524. The van der Waals surface area contributed by atoms with Crippen molar-refractivity contribution < 1.29 is 4.58 Å². The Morgan fingerprint density at radius 2 is 2.00 bits per heavy atom. The number of allylic oxidation sites excluding steroid dienone is 2. The van der Waals surface area contributed by atoms with E-state index in [-0.39, 0.29) is 0 Å². The van der Waals surface area contributed by atoms with Gasteiger partial charge in [-0.2, -0.15) is 0 Å². The molecule has 0 aromatic rings. The van der Waals surface area contributed by atoms with Gasteiger partial charge in [0.25, 0.3) is 0 Å². The van der Waals surface area contributed by atoms with Crippen molar-refractivity contribution >= 4 is 6.21 Å². The molecule has 58 valence electrons. The summed E-state index contributed by atoms with van der Waals surface area (Å²) in [4.78, 5) is 0. The van der Waals surface area contributed by atoms with Crippen LogP contribution in [0.25, 0.3) is 0 Å². The Hall–Kier alpha value is -0.590. The summed E-state index contributed by atoms with van der Waals surface area (Å²) in [5, 5.41) is 0. The maximum atomic E-state index is 2.19. The third-order valence-corrected chi connectivity index (χ3v) is 1.34. The quantitative estimate of drug-likeness (QED) is 0.416. The minimum absolute atomic E-state index is 0.654. The van der Waals surface area contributed by atoms with Gasteiger partial charge in [0.15, 0.2) is 6.21 Å². The van der Waals surface area contributed by atoms with Crippen LogP contribution in [0.15, 0.2) is 12.2 Å². The summed E-state index contributed by atoms with van der Waals surface area (Å²) in [7, 11) is 2.07. The molecule has 0 saturated carbocycles. The second-order valence-electron chi connectivity index (χ2n) is 2.85. The van der Waals surface area contributed by atoms with Gasteiger partial charge in [0.05, 0.1) is 0 Å². The fraction of sp³-hybridized carbons (Fsp3) is 0.667. The van der Waals surface area contributed by atoms with Gasteiger partial charge < -0.3 is 0 Å². The van der Waals surface area contributed by atoms with Crippen LogP contribution in [0.1, 0.15) is 20.8 Å². The van der Waals surface area contributed by atoms with E-state index < -0.39 is 0 Å². The zero-order valence-corrected chi connectivity index (χ0v) is 7.46. The molecule has 0 bridgehead atoms. The summed E-state index contributed by atoms with van der Waals surface area (Å²) in [5.74, 6) is 0.654. The topological polar surface area (TPSA) is 3.01 Å². The van der Waals surface area contributed by atoms with Crippen LogP contribution in [0, 0.1) is 5.92 Å². The zero-order chi connectivity index (χ0) is 7.98. The molecule has 10 heavy (non-hydrogen) atoms. The van der Waals surface area contributed by atoms with E-state index in [1.807, 2.05) is 0 Å². The van der Waals surface area contributed by atoms with Gasteiger partial charge in [-0.15, -0.1) is 0 Å². The molecule has 0 aromatic heterocycles. The first-order valence-electron chi connectivity index (χ1n) is 3.88. The monoisotopic (exact) mass is 140 g/mol. The number of hydrogen-bond donors (Lipinski definition) is 0. The molecule has 0 aliphatic rings. The van der Waals surface area contributed by atoms with E-state index in [9.17, 15) is 0 Å². The minimum Gasteiger partial charge on any atom is -0.239 e. The Morgan fingerprint density at radius 1 is 1.40 bits per heavy atom. The first-order chi connectivity index (χ1) is 4.66. The summed E-state index contributed by atoms with van der Waals surface area (Å²) < 4.78 is 2.15. The zero-order valence-electron chi connectivity index (χ0n) is 7.46. The van der Waals surface area contributed by atoms with Crippen molar-refractivity contribution in [3.05, 3.63) is 12.2 Å². The van der Waals surface area contributed by atoms with Crippen LogP contribution in [-0.4, -0.2) is 24.4 Å². The van der Waals surface area contributed by atoms with Crippen LogP contribution in [0.3, 0.4) is 0 Å². The largest absolute Gasteiger partial charge is 0.239 e.